The monoisotopic (exact) mass is 426 g/mol. The van der Waals surface area contributed by atoms with Gasteiger partial charge in [0.25, 0.3) is 5.91 Å². The Balaban J connectivity index is 1.66. The highest BCUT2D eigenvalue weighted by atomic mass is 16.5. The highest BCUT2D eigenvalue weighted by Crippen LogP contribution is 2.29. The summed E-state index contributed by atoms with van der Waals surface area (Å²) in [6.07, 6.45) is 3.23. The molecule has 9 nitrogen and oxygen atoms in total. The van der Waals surface area contributed by atoms with Crippen molar-refractivity contribution in [3.63, 3.8) is 0 Å². The molecule has 0 aliphatic rings. The Bertz CT molecular complexity index is 1030. The highest BCUT2D eigenvalue weighted by molar-refractivity contribution is 6.02. The number of nitrogens with zero attached hydrogens (tertiary/aromatic N) is 2. The highest BCUT2D eigenvalue weighted by Gasteiger charge is 2.19. The molecule has 3 aromatic rings. The molecule has 2 N–H and O–H groups in total. The molecular formula is C22H26N4O5. The maximum absolute atomic E-state index is 12.6. The molecule has 2 aromatic heterocycles. The molecule has 0 bridgehead atoms. The number of ether oxygens (including phenoxy) is 2. The van der Waals surface area contributed by atoms with E-state index in [1.165, 1.54) is 10.9 Å². The molecule has 31 heavy (non-hydrogen) atoms. The summed E-state index contributed by atoms with van der Waals surface area (Å²) in [5.74, 6) is 1.16. The molecule has 0 saturated carbocycles. The van der Waals surface area contributed by atoms with Crippen molar-refractivity contribution in [1.82, 2.24) is 15.1 Å². The predicted octanol–water partition coefficient (Wildman–Crippen LogP) is 2.92. The molecule has 0 spiro atoms. The van der Waals surface area contributed by atoms with Gasteiger partial charge in [0.15, 0.2) is 17.2 Å². The number of rotatable bonds is 10. The SMILES string of the molecule is CCOc1ccc(CC(=O)Nc2cn(C)nc2C(=O)NCc2ccco2)cc1OCC. The summed E-state index contributed by atoms with van der Waals surface area (Å²) in [4.78, 5) is 25.1. The van der Waals surface area contributed by atoms with E-state index >= 15 is 0 Å². The fourth-order valence-electron chi connectivity index (χ4n) is 3.00. The van der Waals surface area contributed by atoms with Gasteiger partial charge in [-0.1, -0.05) is 6.07 Å². The van der Waals surface area contributed by atoms with Crippen LogP contribution in [-0.4, -0.2) is 34.8 Å². The second kappa shape index (κ2) is 10.3. The number of nitrogens with one attached hydrogen (secondary N) is 2. The van der Waals surface area contributed by atoms with E-state index in [1.807, 2.05) is 19.9 Å². The van der Waals surface area contributed by atoms with Crippen LogP contribution in [0.5, 0.6) is 11.5 Å². The Morgan fingerprint density at radius 2 is 1.90 bits per heavy atom. The minimum Gasteiger partial charge on any atom is -0.490 e. The van der Waals surface area contributed by atoms with Crippen molar-refractivity contribution in [2.45, 2.75) is 26.8 Å². The van der Waals surface area contributed by atoms with E-state index in [-0.39, 0.29) is 24.6 Å². The summed E-state index contributed by atoms with van der Waals surface area (Å²) >= 11 is 0. The largest absolute Gasteiger partial charge is 0.490 e. The molecule has 3 rings (SSSR count). The van der Waals surface area contributed by atoms with Gasteiger partial charge in [-0.3, -0.25) is 14.3 Å². The predicted molar refractivity (Wildman–Crippen MR) is 114 cm³/mol. The number of carbonyl (C=O) groups excluding carboxylic acids is 2. The van der Waals surface area contributed by atoms with Crippen LogP contribution in [0.15, 0.2) is 47.2 Å². The summed E-state index contributed by atoms with van der Waals surface area (Å²) in [5.41, 5.74) is 1.22. The normalized spacial score (nSPS) is 10.5. The summed E-state index contributed by atoms with van der Waals surface area (Å²) in [7, 11) is 1.68. The molecule has 0 atom stereocenters. The van der Waals surface area contributed by atoms with Gasteiger partial charge < -0.3 is 24.5 Å². The molecule has 2 amide bonds. The fraction of sp³-hybridized carbons (Fsp3) is 0.318. The van der Waals surface area contributed by atoms with Gasteiger partial charge in [0.2, 0.25) is 5.91 Å². The zero-order valence-electron chi connectivity index (χ0n) is 17.8. The number of benzene rings is 1. The lowest BCUT2D eigenvalue weighted by Gasteiger charge is -2.12. The molecule has 9 heteroatoms. The van der Waals surface area contributed by atoms with Crippen molar-refractivity contribution in [2.75, 3.05) is 18.5 Å². The number of amides is 2. The van der Waals surface area contributed by atoms with Crippen LogP contribution < -0.4 is 20.1 Å². The first-order valence-electron chi connectivity index (χ1n) is 10.0. The quantitative estimate of drug-likeness (QED) is 0.516. The molecule has 0 saturated heterocycles. The third-order valence-corrected chi connectivity index (χ3v) is 4.29. The Labute approximate surface area is 180 Å². The smallest absolute Gasteiger partial charge is 0.274 e. The molecule has 0 aliphatic heterocycles. The number of aromatic nitrogens is 2. The Morgan fingerprint density at radius 1 is 1.13 bits per heavy atom. The van der Waals surface area contributed by atoms with Crippen LogP contribution in [0.25, 0.3) is 0 Å². The van der Waals surface area contributed by atoms with Crippen molar-refractivity contribution >= 4 is 17.5 Å². The van der Waals surface area contributed by atoms with E-state index < -0.39 is 5.91 Å². The lowest BCUT2D eigenvalue weighted by Crippen LogP contribution is -2.25. The second-order valence-corrected chi connectivity index (χ2v) is 6.70. The lowest BCUT2D eigenvalue weighted by atomic mass is 10.1. The van der Waals surface area contributed by atoms with Gasteiger partial charge in [-0.05, 0) is 43.7 Å². The number of hydrogen-bond acceptors (Lipinski definition) is 6. The van der Waals surface area contributed by atoms with Crippen molar-refractivity contribution in [3.8, 4) is 11.5 Å². The number of anilines is 1. The summed E-state index contributed by atoms with van der Waals surface area (Å²) < 4.78 is 17.8. The topological polar surface area (TPSA) is 108 Å². The van der Waals surface area contributed by atoms with Gasteiger partial charge in [-0.2, -0.15) is 5.10 Å². The minimum atomic E-state index is -0.410. The maximum atomic E-state index is 12.6. The lowest BCUT2D eigenvalue weighted by molar-refractivity contribution is -0.115. The zero-order chi connectivity index (χ0) is 22.2. The van der Waals surface area contributed by atoms with E-state index in [2.05, 4.69) is 15.7 Å². The third-order valence-electron chi connectivity index (χ3n) is 4.29. The fourth-order valence-corrected chi connectivity index (χ4v) is 3.00. The third kappa shape index (κ3) is 5.88. The Hall–Kier alpha value is -3.75. The zero-order valence-corrected chi connectivity index (χ0v) is 17.8. The minimum absolute atomic E-state index is 0.106. The standard InChI is InChI=1S/C22H26N4O5/c1-4-29-18-9-8-15(11-19(18)30-5-2)12-20(27)24-17-14-26(3)25-21(17)22(28)23-13-16-7-6-10-31-16/h6-11,14H,4-5,12-13H2,1-3H3,(H,23,28)(H,24,27). The van der Waals surface area contributed by atoms with Crippen LogP contribution in [0.3, 0.4) is 0 Å². The van der Waals surface area contributed by atoms with Gasteiger partial charge in [-0.25, -0.2) is 0 Å². The van der Waals surface area contributed by atoms with Crippen LogP contribution in [0.4, 0.5) is 5.69 Å². The van der Waals surface area contributed by atoms with Crippen LogP contribution in [0, 0.1) is 0 Å². The first-order chi connectivity index (χ1) is 15.0. The first kappa shape index (κ1) is 21.9. The van der Waals surface area contributed by atoms with Gasteiger partial charge in [0.05, 0.1) is 38.1 Å². The Morgan fingerprint density at radius 3 is 2.61 bits per heavy atom. The second-order valence-electron chi connectivity index (χ2n) is 6.70. The van der Waals surface area contributed by atoms with E-state index in [0.29, 0.717) is 36.2 Å². The Kier molecular flexibility index (Phi) is 7.31. The van der Waals surface area contributed by atoms with Crippen molar-refractivity contribution in [1.29, 1.82) is 0 Å². The maximum Gasteiger partial charge on any atom is 0.274 e. The van der Waals surface area contributed by atoms with Gasteiger partial charge >= 0.3 is 0 Å². The summed E-state index contributed by atoms with van der Waals surface area (Å²) in [6.45, 7) is 5.01. The number of carbonyl (C=O) groups is 2. The average molecular weight is 426 g/mol. The molecule has 0 aliphatic carbocycles. The van der Waals surface area contributed by atoms with E-state index in [0.717, 1.165) is 5.56 Å². The summed E-state index contributed by atoms with van der Waals surface area (Å²) in [6, 6.07) is 8.89. The van der Waals surface area contributed by atoms with Crippen LogP contribution in [0.1, 0.15) is 35.7 Å². The van der Waals surface area contributed by atoms with Crippen molar-refractivity contribution in [2.24, 2.45) is 7.05 Å². The van der Waals surface area contributed by atoms with Gasteiger partial charge in [0, 0.05) is 13.2 Å². The number of furan rings is 1. The van der Waals surface area contributed by atoms with Crippen molar-refractivity contribution < 1.29 is 23.5 Å². The van der Waals surface area contributed by atoms with Crippen LogP contribution in [0.2, 0.25) is 0 Å². The number of hydrogen-bond donors (Lipinski definition) is 2. The van der Waals surface area contributed by atoms with Gasteiger partial charge in [-0.15, -0.1) is 0 Å². The first-order valence-corrected chi connectivity index (χ1v) is 10.0. The van der Waals surface area contributed by atoms with Crippen molar-refractivity contribution in [3.05, 3.63) is 59.8 Å². The van der Waals surface area contributed by atoms with E-state index in [1.54, 1.807) is 37.5 Å². The molecule has 0 radical (unpaired) electrons. The number of aryl methyl sites for hydroxylation is 1. The van der Waals surface area contributed by atoms with Crippen LogP contribution in [-0.2, 0) is 24.8 Å². The molecule has 0 unspecified atom stereocenters. The van der Waals surface area contributed by atoms with E-state index in [4.69, 9.17) is 13.9 Å². The van der Waals surface area contributed by atoms with E-state index in [9.17, 15) is 9.59 Å². The summed E-state index contributed by atoms with van der Waals surface area (Å²) in [5, 5.41) is 9.66. The molecule has 1 aromatic carbocycles. The average Bonchev–Trinajstić information content (AvgIpc) is 3.38. The van der Waals surface area contributed by atoms with Crippen LogP contribution >= 0.6 is 0 Å². The molecule has 164 valence electrons. The molecular weight excluding hydrogens is 400 g/mol. The molecule has 2 heterocycles. The molecule has 0 fully saturated rings. The van der Waals surface area contributed by atoms with Gasteiger partial charge in [0.1, 0.15) is 5.76 Å².